The lowest BCUT2D eigenvalue weighted by Gasteiger charge is -2.03. The van der Waals surface area contributed by atoms with E-state index in [-0.39, 0.29) is 0 Å². The number of hydrogen-bond acceptors (Lipinski definition) is 3. The molecule has 120 valence electrons. The number of carbonyl (C=O) groups excluding carboxylic acids is 2. The van der Waals surface area contributed by atoms with Crippen LogP contribution in [0, 0.1) is 13.8 Å². The second kappa shape index (κ2) is 7.17. The van der Waals surface area contributed by atoms with Crippen molar-refractivity contribution >= 4 is 57.4 Å². The monoisotopic (exact) mass is 368 g/mol. The molecule has 2 aromatic rings. The zero-order valence-electron chi connectivity index (χ0n) is 12.4. The van der Waals surface area contributed by atoms with Gasteiger partial charge in [-0.25, -0.2) is 0 Å². The van der Waals surface area contributed by atoms with Crippen molar-refractivity contribution in [3.05, 3.63) is 55.9 Å². The van der Waals surface area contributed by atoms with Crippen molar-refractivity contribution in [2.75, 3.05) is 5.32 Å². The van der Waals surface area contributed by atoms with Gasteiger partial charge in [0.1, 0.15) is 5.00 Å². The standard InChI is InChI=1S/C16H14Cl2N2O2S/c1-8-9(2)23-16(14(8)15(19)22)20-13(21)7-6-10-11(17)4-3-5-12(10)18/h3-7H,1-2H3,(H2,19,22)(H,20,21)/b7-6+. The van der Waals surface area contributed by atoms with Gasteiger partial charge in [0.25, 0.3) is 5.91 Å². The zero-order chi connectivity index (χ0) is 17.1. The number of benzene rings is 1. The number of nitrogens with two attached hydrogens (primary N) is 1. The van der Waals surface area contributed by atoms with Crippen LogP contribution in [0.3, 0.4) is 0 Å². The van der Waals surface area contributed by atoms with E-state index in [4.69, 9.17) is 28.9 Å². The lowest BCUT2D eigenvalue weighted by Crippen LogP contribution is -2.16. The van der Waals surface area contributed by atoms with E-state index in [1.807, 2.05) is 6.92 Å². The number of nitrogens with one attached hydrogen (secondary N) is 1. The molecule has 0 unspecified atom stereocenters. The van der Waals surface area contributed by atoms with Crippen molar-refractivity contribution < 1.29 is 9.59 Å². The Morgan fingerprint density at radius 1 is 1.22 bits per heavy atom. The highest BCUT2D eigenvalue weighted by molar-refractivity contribution is 7.16. The molecule has 0 bridgehead atoms. The highest BCUT2D eigenvalue weighted by Gasteiger charge is 2.18. The Labute approximate surface area is 147 Å². The first-order chi connectivity index (χ1) is 10.8. The second-order valence-corrected chi connectivity index (χ2v) is 6.85. The fourth-order valence-electron chi connectivity index (χ4n) is 1.99. The zero-order valence-corrected chi connectivity index (χ0v) is 14.8. The predicted octanol–water partition coefficient (Wildman–Crippen LogP) is 4.42. The number of thiophene rings is 1. The van der Waals surface area contributed by atoms with Crippen LogP contribution in [0.25, 0.3) is 6.08 Å². The summed E-state index contributed by atoms with van der Waals surface area (Å²) in [6, 6.07) is 5.09. The van der Waals surface area contributed by atoms with Crippen molar-refractivity contribution in [2.24, 2.45) is 5.73 Å². The maximum absolute atomic E-state index is 12.1. The van der Waals surface area contributed by atoms with Gasteiger partial charge in [0.2, 0.25) is 5.91 Å². The predicted molar refractivity (Wildman–Crippen MR) is 96.4 cm³/mol. The van der Waals surface area contributed by atoms with Crippen LogP contribution in [0.1, 0.15) is 26.4 Å². The SMILES string of the molecule is Cc1sc(NC(=O)/C=C/c2c(Cl)cccc2Cl)c(C(N)=O)c1C. The number of carbonyl (C=O) groups is 2. The summed E-state index contributed by atoms with van der Waals surface area (Å²) in [5.41, 5.74) is 7.04. The Balaban J connectivity index is 2.22. The Kier molecular flexibility index (Phi) is 5.46. The summed E-state index contributed by atoms with van der Waals surface area (Å²) in [7, 11) is 0. The second-order valence-electron chi connectivity index (χ2n) is 4.81. The van der Waals surface area contributed by atoms with Gasteiger partial charge >= 0.3 is 0 Å². The fourth-order valence-corrected chi connectivity index (χ4v) is 3.59. The van der Waals surface area contributed by atoms with Crippen molar-refractivity contribution in [1.29, 1.82) is 0 Å². The van der Waals surface area contributed by atoms with E-state index < -0.39 is 11.8 Å². The minimum atomic E-state index is -0.569. The molecule has 0 spiro atoms. The minimum absolute atomic E-state index is 0.338. The summed E-state index contributed by atoms with van der Waals surface area (Å²) < 4.78 is 0. The van der Waals surface area contributed by atoms with Gasteiger partial charge in [-0.3, -0.25) is 9.59 Å². The number of hydrogen-bond donors (Lipinski definition) is 2. The maximum atomic E-state index is 12.1. The molecule has 0 fully saturated rings. The van der Waals surface area contributed by atoms with E-state index in [1.54, 1.807) is 25.1 Å². The molecule has 0 saturated heterocycles. The Morgan fingerprint density at radius 3 is 2.39 bits per heavy atom. The number of anilines is 1. The number of halogens is 2. The highest BCUT2D eigenvalue weighted by Crippen LogP contribution is 2.32. The normalized spacial score (nSPS) is 11.0. The van der Waals surface area contributed by atoms with E-state index >= 15 is 0 Å². The molecule has 0 saturated carbocycles. The molecule has 0 aliphatic heterocycles. The Bertz CT molecular complexity index is 792. The van der Waals surface area contributed by atoms with Crippen LogP contribution in [0.4, 0.5) is 5.00 Å². The highest BCUT2D eigenvalue weighted by atomic mass is 35.5. The van der Waals surface area contributed by atoms with Crippen molar-refractivity contribution in [2.45, 2.75) is 13.8 Å². The molecule has 7 heteroatoms. The van der Waals surface area contributed by atoms with Crippen LogP contribution >= 0.6 is 34.5 Å². The molecular weight excluding hydrogens is 355 g/mol. The lowest BCUT2D eigenvalue weighted by molar-refractivity contribution is -0.111. The number of primary amides is 1. The third-order valence-corrected chi connectivity index (χ3v) is 5.05. The molecule has 0 aliphatic carbocycles. The topological polar surface area (TPSA) is 72.2 Å². The lowest BCUT2D eigenvalue weighted by atomic mass is 10.1. The van der Waals surface area contributed by atoms with E-state index in [0.717, 1.165) is 10.4 Å². The summed E-state index contributed by atoms with van der Waals surface area (Å²) in [6.07, 6.45) is 2.83. The maximum Gasteiger partial charge on any atom is 0.251 e. The van der Waals surface area contributed by atoms with Crippen LogP contribution in [0.5, 0.6) is 0 Å². The minimum Gasteiger partial charge on any atom is -0.365 e. The molecule has 0 aliphatic rings. The summed E-state index contributed by atoms with van der Waals surface area (Å²) in [5, 5.41) is 4.00. The molecule has 23 heavy (non-hydrogen) atoms. The average molecular weight is 369 g/mol. The summed E-state index contributed by atoms with van der Waals surface area (Å²) in [6.45, 7) is 3.66. The molecule has 1 heterocycles. The molecule has 0 atom stereocenters. The quantitative estimate of drug-likeness (QED) is 0.783. The third-order valence-electron chi connectivity index (χ3n) is 3.27. The molecule has 1 aromatic heterocycles. The summed E-state index contributed by atoms with van der Waals surface area (Å²) in [4.78, 5) is 24.5. The van der Waals surface area contributed by atoms with Gasteiger partial charge in [-0.1, -0.05) is 29.3 Å². The average Bonchev–Trinajstić information content (AvgIpc) is 2.73. The molecule has 3 N–H and O–H groups in total. The van der Waals surface area contributed by atoms with E-state index in [1.165, 1.54) is 23.5 Å². The Hall–Kier alpha value is -1.82. The van der Waals surface area contributed by atoms with Gasteiger partial charge in [-0.2, -0.15) is 0 Å². The molecular formula is C16H14Cl2N2O2S. The van der Waals surface area contributed by atoms with Crippen LogP contribution < -0.4 is 11.1 Å². The van der Waals surface area contributed by atoms with E-state index in [9.17, 15) is 9.59 Å². The van der Waals surface area contributed by atoms with Crippen molar-refractivity contribution in [3.8, 4) is 0 Å². The van der Waals surface area contributed by atoms with Crippen LogP contribution in [-0.2, 0) is 4.79 Å². The largest absolute Gasteiger partial charge is 0.365 e. The molecule has 4 nitrogen and oxygen atoms in total. The molecule has 1 aromatic carbocycles. The number of rotatable bonds is 4. The fraction of sp³-hybridized carbons (Fsp3) is 0.125. The van der Waals surface area contributed by atoms with Crippen LogP contribution in [-0.4, -0.2) is 11.8 Å². The van der Waals surface area contributed by atoms with Gasteiger partial charge < -0.3 is 11.1 Å². The first-order valence-corrected chi connectivity index (χ1v) is 8.21. The summed E-state index contributed by atoms with van der Waals surface area (Å²) in [5.74, 6) is -0.968. The van der Waals surface area contributed by atoms with Gasteiger partial charge in [0.05, 0.1) is 5.56 Å². The van der Waals surface area contributed by atoms with Crippen molar-refractivity contribution in [1.82, 2.24) is 0 Å². The number of amides is 2. The van der Waals surface area contributed by atoms with Gasteiger partial charge in [-0.05, 0) is 37.6 Å². The smallest absolute Gasteiger partial charge is 0.251 e. The first kappa shape index (κ1) is 17.5. The first-order valence-electron chi connectivity index (χ1n) is 6.64. The Morgan fingerprint density at radius 2 is 1.83 bits per heavy atom. The third kappa shape index (κ3) is 3.93. The van der Waals surface area contributed by atoms with Gasteiger partial charge in [-0.15, -0.1) is 11.3 Å². The van der Waals surface area contributed by atoms with Gasteiger partial charge in [0.15, 0.2) is 0 Å². The van der Waals surface area contributed by atoms with Crippen LogP contribution in [0.15, 0.2) is 24.3 Å². The van der Waals surface area contributed by atoms with Crippen LogP contribution in [0.2, 0.25) is 10.0 Å². The summed E-state index contributed by atoms with van der Waals surface area (Å²) >= 11 is 13.4. The van der Waals surface area contributed by atoms with Gasteiger partial charge in [0, 0.05) is 26.6 Å². The molecule has 2 amide bonds. The van der Waals surface area contributed by atoms with Crippen molar-refractivity contribution in [3.63, 3.8) is 0 Å². The molecule has 2 rings (SSSR count). The number of aryl methyl sites for hydroxylation is 1. The van der Waals surface area contributed by atoms with E-state index in [0.29, 0.717) is 26.2 Å². The van der Waals surface area contributed by atoms with E-state index in [2.05, 4.69) is 5.32 Å². The molecule has 0 radical (unpaired) electrons.